The van der Waals surface area contributed by atoms with Gasteiger partial charge in [0.2, 0.25) is 5.91 Å². The zero-order valence-corrected chi connectivity index (χ0v) is 12.3. The van der Waals surface area contributed by atoms with Crippen LogP contribution in [0.5, 0.6) is 0 Å². The van der Waals surface area contributed by atoms with Crippen LogP contribution in [0.3, 0.4) is 0 Å². The number of benzene rings is 1. The van der Waals surface area contributed by atoms with Crippen molar-refractivity contribution in [3.8, 4) is 0 Å². The number of carbonyl (C=O) groups excluding carboxylic acids is 1. The van der Waals surface area contributed by atoms with E-state index in [1.807, 2.05) is 13.0 Å². The number of likely N-dealkylation sites (N-methyl/N-ethyl adjacent to an activating group) is 1. The summed E-state index contributed by atoms with van der Waals surface area (Å²) in [7, 11) is 0. The molecule has 0 heterocycles. The lowest BCUT2D eigenvalue weighted by Crippen LogP contribution is -2.56. The van der Waals surface area contributed by atoms with Crippen LogP contribution in [0.4, 0.5) is 0 Å². The number of fused-ring (bicyclic) bond motifs is 1. The van der Waals surface area contributed by atoms with E-state index in [2.05, 4.69) is 23.5 Å². The molecule has 0 aliphatic heterocycles. The van der Waals surface area contributed by atoms with Crippen molar-refractivity contribution < 1.29 is 9.53 Å². The zero-order valence-electron chi connectivity index (χ0n) is 12.3. The molecule has 2 atom stereocenters. The molecule has 1 amide bonds. The normalized spacial score (nSPS) is 21.0. The molecular weight excluding hydrogens is 252 g/mol. The molecule has 0 spiro atoms. The average molecular weight is 276 g/mol. The van der Waals surface area contributed by atoms with E-state index < -0.39 is 5.54 Å². The first-order chi connectivity index (χ1) is 9.57. The highest BCUT2D eigenvalue weighted by Crippen LogP contribution is 2.32. The van der Waals surface area contributed by atoms with Crippen molar-refractivity contribution in [1.82, 2.24) is 5.32 Å². The van der Waals surface area contributed by atoms with Gasteiger partial charge in [-0.05, 0) is 43.9 Å². The first-order valence-corrected chi connectivity index (χ1v) is 7.31. The summed E-state index contributed by atoms with van der Waals surface area (Å²) in [4.78, 5) is 11.6. The van der Waals surface area contributed by atoms with E-state index in [4.69, 9.17) is 10.5 Å². The molecular formula is C16H24N2O2. The van der Waals surface area contributed by atoms with Crippen LogP contribution in [0.25, 0.3) is 0 Å². The van der Waals surface area contributed by atoms with Crippen LogP contribution in [-0.2, 0) is 16.0 Å². The van der Waals surface area contributed by atoms with E-state index >= 15 is 0 Å². The van der Waals surface area contributed by atoms with Crippen LogP contribution in [0, 0.1) is 0 Å². The maximum atomic E-state index is 11.6. The smallest absolute Gasteiger partial charge is 0.239 e. The first kappa shape index (κ1) is 15.0. The summed E-state index contributed by atoms with van der Waals surface area (Å²) >= 11 is 0. The second-order valence-electron chi connectivity index (χ2n) is 5.62. The Kier molecular flexibility index (Phi) is 4.78. The second-order valence-corrected chi connectivity index (χ2v) is 5.62. The molecule has 1 aliphatic carbocycles. The summed E-state index contributed by atoms with van der Waals surface area (Å²) in [5.41, 5.74) is 7.29. The summed E-state index contributed by atoms with van der Waals surface area (Å²) in [6.45, 7) is 4.74. The maximum Gasteiger partial charge on any atom is 0.239 e. The van der Waals surface area contributed by atoms with Gasteiger partial charge in [-0.1, -0.05) is 31.2 Å². The predicted octanol–water partition coefficient (Wildman–Crippen LogP) is 1.93. The molecule has 0 saturated heterocycles. The molecule has 0 aromatic heterocycles. The highest BCUT2D eigenvalue weighted by Gasteiger charge is 2.32. The molecule has 4 heteroatoms. The lowest BCUT2D eigenvalue weighted by atomic mass is 9.89. The van der Waals surface area contributed by atoms with Gasteiger partial charge in [-0.2, -0.15) is 0 Å². The minimum absolute atomic E-state index is 0.0669. The van der Waals surface area contributed by atoms with Crippen molar-refractivity contribution in [2.75, 3.05) is 13.2 Å². The third kappa shape index (κ3) is 3.19. The van der Waals surface area contributed by atoms with Crippen LogP contribution in [0.2, 0.25) is 0 Å². The fraction of sp³-hybridized carbons (Fsp3) is 0.562. The number of hydrogen-bond acceptors (Lipinski definition) is 3. The van der Waals surface area contributed by atoms with Crippen LogP contribution < -0.4 is 11.1 Å². The van der Waals surface area contributed by atoms with Crippen molar-refractivity contribution in [1.29, 1.82) is 0 Å². The molecule has 0 fully saturated rings. The van der Waals surface area contributed by atoms with Crippen LogP contribution in [0.15, 0.2) is 24.3 Å². The van der Waals surface area contributed by atoms with Gasteiger partial charge in [-0.25, -0.2) is 0 Å². The van der Waals surface area contributed by atoms with E-state index in [-0.39, 0.29) is 12.0 Å². The molecule has 0 saturated carbocycles. The molecule has 110 valence electrons. The Morgan fingerprint density at radius 3 is 2.95 bits per heavy atom. The molecule has 0 radical (unpaired) electrons. The zero-order chi connectivity index (χ0) is 14.6. The van der Waals surface area contributed by atoms with Gasteiger partial charge in [0.25, 0.3) is 0 Å². The van der Waals surface area contributed by atoms with Gasteiger partial charge in [0.1, 0.15) is 5.54 Å². The van der Waals surface area contributed by atoms with E-state index in [1.165, 1.54) is 11.1 Å². The van der Waals surface area contributed by atoms with Crippen LogP contribution in [-0.4, -0.2) is 24.6 Å². The van der Waals surface area contributed by atoms with Crippen molar-refractivity contribution in [2.45, 2.75) is 44.8 Å². The fourth-order valence-corrected chi connectivity index (χ4v) is 2.75. The monoisotopic (exact) mass is 276 g/mol. The lowest BCUT2D eigenvalue weighted by Gasteiger charge is -2.31. The van der Waals surface area contributed by atoms with E-state index in [9.17, 15) is 4.79 Å². The summed E-state index contributed by atoms with van der Waals surface area (Å²) in [5, 5.41) is 3.12. The van der Waals surface area contributed by atoms with Crippen LogP contribution in [0.1, 0.15) is 43.9 Å². The van der Waals surface area contributed by atoms with Crippen molar-refractivity contribution in [3.63, 3.8) is 0 Å². The van der Waals surface area contributed by atoms with Gasteiger partial charge in [0, 0.05) is 0 Å². The Balaban J connectivity index is 2.06. The topological polar surface area (TPSA) is 64.3 Å². The third-order valence-electron chi connectivity index (χ3n) is 4.00. The summed E-state index contributed by atoms with van der Waals surface area (Å²) in [5.74, 6) is -0.372. The third-order valence-corrected chi connectivity index (χ3v) is 4.00. The van der Waals surface area contributed by atoms with Crippen molar-refractivity contribution >= 4 is 5.91 Å². The number of nitrogens with two attached hydrogens (primary N) is 1. The summed E-state index contributed by atoms with van der Waals surface area (Å²) in [6.07, 6.45) is 3.29. The van der Waals surface area contributed by atoms with Crippen molar-refractivity contribution in [2.24, 2.45) is 5.73 Å². The number of rotatable bonds is 6. The molecule has 1 aromatic rings. The Morgan fingerprint density at radius 2 is 2.25 bits per heavy atom. The van der Waals surface area contributed by atoms with Gasteiger partial charge in [-0.15, -0.1) is 0 Å². The maximum absolute atomic E-state index is 11.6. The van der Waals surface area contributed by atoms with Gasteiger partial charge in [-0.3, -0.25) is 4.79 Å². The second kappa shape index (κ2) is 6.37. The Hall–Kier alpha value is -1.39. The predicted molar refractivity (Wildman–Crippen MR) is 79.3 cm³/mol. The summed E-state index contributed by atoms with van der Waals surface area (Å²) in [6, 6.07) is 8.38. The molecule has 3 N–H and O–H groups in total. The quantitative estimate of drug-likeness (QED) is 0.834. The first-order valence-electron chi connectivity index (χ1n) is 7.31. The molecule has 0 bridgehead atoms. The molecule has 20 heavy (non-hydrogen) atoms. The molecule has 1 aliphatic rings. The largest absolute Gasteiger partial charge is 0.371 e. The summed E-state index contributed by atoms with van der Waals surface area (Å²) < 4.78 is 6.03. The SMILES string of the molecule is CCNC(C)(COC1CCCc2ccccc21)C(N)=O. The van der Waals surface area contributed by atoms with Crippen molar-refractivity contribution in [3.05, 3.63) is 35.4 Å². The Labute approximate surface area is 120 Å². The fourth-order valence-electron chi connectivity index (χ4n) is 2.75. The van der Waals surface area contributed by atoms with Crippen LogP contribution >= 0.6 is 0 Å². The lowest BCUT2D eigenvalue weighted by molar-refractivity contribution is -0.127. The van der Waals surface area contributed by atoms with Gasteiger partial charge < -0.3 is 15.8 Å². The van der Waals surface area contributed by atoms with Gasteiger partial charge in [0.15, 0.2) is 0 Å². The van der Waals surface area contributed by atoms with E-state index in [1.54, 1.807) is 6.92 Å². The van der Waals surface area contributed by atoms with E-state index in [0.29, 0.717) is 13.2 Å². The van der Waals surface area contributed by atoms with E-state index in [0.717, 1.165) is 19.3 Å². The average Bonchev–Trinajstić information content (AvgIpc) is 2.45. The number of nitrogens with one attached hydrogen (secondary N) is 1. The van der Waals surface area contributed by atoms with Gasteiger partial charge in [0.05, 0.1) is 12.7 Å². The standard InChI is InChI=1S/C16H24N2O2/c1-3-18-16(2,15(17)19)11-20-14-10-6-8-12-7-4-5-9-13(12)14/h4-5,7,9,14,18H,3,6,8,10-11H2,1-2H3,(H2,17,19). The number of primary amides is 1. The highest BCUT2D eigenvalue weighted by atomic mass is 16.5. The Morgan fingerprint density at radius 1 is 1.50 bits per heavy atom. The number of amides is 1. The van der Waals surface area contributed by atoms with Gasteiger partial charge >= 0.3 is 0 Å². The Bertz CT molecular complexity index is 475. The molecule has 2 unspecified atom stereocenters. The number of hydrogen-bond donors (Lipinski definition) is 2. The molecule has 1 aromatic carbocycles. The highest BCUT2D eigenvalue weighted by molar-refractivity contribution is 5.84. The number of aryl methyl sites for hydroxylation is 1. The number of carbonyl (C=O) groups is 1. The molecule has 2 rings (SSSR count). The number of ether oxygens (including phenoxy) is 1. The molecule has 4 nitrogen and oxygen atoms in total. The minimum Gasteiger partial charge on any atom is -0.371 e. The minimum atomic E-state index is -0.804.